The minimum absolute atomic E-state index is 0.0648. The second-order valence-electron chi connectivity index (χ2n) is 2.93. The van der Waals surface area contributed by atoms with E-state index < -0.39 is 7.12 Å². The predicted octanol–water partition coefficient (Wildman–Crippen LogP) is 1.01. The lowest BCUT2D eigenvalue weighted by Gasteiger charge is -2.23. The van der Waals surface area contributed by atoms with E-state index in [9.17, 15) is 0 Å². The molecule has 1 saturated carbocycles. The van der Waals surface area contributed by atoms with Crippen molar-refractivity contribution in [1.29, 1.82) is 0 Å². The molecule has 1 rings (SSSR count). The van der Waals surface area contributed by atoms with Gasteiger partial charge in [0.15, 0.2) is 0 Å². The van der Waals surface area contributed by atoms with Crippen LogP contribution in [0.15, 0.2) is 0 Å². The number of hydrogen-bond donors (Lipinski definition) is 2. The van der Waals surface area contributed by atoms with Crippen molar-refractivity contribution in [2.75, 3.05) is 0 Å². The van der Waals surface area contributed by atoms with E-state index in [0.717, 1.165) is 25.7 Å². The second kappa shape index (κ2) is 3.60. The van der Waals surface area contributed by atoms with E-state index in [1.165, 1.54) is 0 Å². The fraction of sp³-hybridized carbons (Fsp3) is 1.00. The first-order chi connectivity index (χ1) is 4.70. The molecule has 58 valence electrons. The van der Waals surface area contributed by atoms with Crippen molar-refractivity contribution >= 4 is 18.7 Å². The van der Waals surface area contributed by atoms with Crippen LogP contribution < -0.4 is 0 Å². The van der Waals surface area contributed by atoms with Crippen LogP contribution in [0.4, 0.5) is 0 Å². The average molecular weight is 162 g/mol. The van der Waals surface area contributed by atoms with Crippen molar-refractivity contribution in [2.45, 2.75) is 36.9 Å². The fourth-order valence-corrected chi connectivity index (χ4v) is 1.63. The third-order valence-electron chi connectivity index (χ3n) is 2.12. The molecule has 0 amide bonds. The zero-order valence-electron chi connectivity index (χ0n) is 5.83. The van der Waals surface area contributed by atoms with Crippen LogP contribution in [0.3, 0.4) is 0 Å². The van der Waals surface area contributed by atoms with Crippen LogP contribution in [0.2, 0.25) is 5.82 Å². The van der Waals surface area contributed by atoms with Crippen LogP contribution in [0.25, 0.3) is 0 Å². The lowest BCUT2D eigenvalue weighted by molar-refractivity contribution is 0.353. The van der Waals surface area contributed by atoms with Crippen LogP contribution in [-0.2, 0) is 0 Å². The maximum Gasteiger partial charge on any atom is 0.454 e. The van der Waals surface area contributed by atoms with E-state index in [1.54, 1.807) is 0 Å². The Balaban J connectivity index is 2.26. The van der Waals surface area contributed by atoms with E-state index in [0.29, 0.717) is 0 Å². The first kappa shape index (κ1) is 8.37. The van der Waals surface area contributed by atoms with Gasteiger partial charge in [-0.25, -0.2) is 0 Å². The molecule has 0 aromatic heterocycles. The molecule has 0 aromatic carbocycles. The molecule has 1 aliphatic rings. The zero-order valence-corrected chi connectivity index (χ0v) is 6.59. The quantitative estimate of drug-likeness (QED) is 0.446. The highest BCUT2D eigenvalue weighted by Gasteiger charge is 2.27. The summed E-state index contributed by atoms with van der Waals surface area (Å²) in [5.41, 5.74) is 0. The van der Waals surface area contributed by atoms with E-state index in [2.05, 4.69) is 0 Å². The molecule has 0 aliphatic heterocycles. The van der Waals surface area contributed by atoms with Crippen molar-refractivity contribution in [2.24, 2.45) is 0 Å². The first-order valence-electron chi connectivity index (χ1n) is 3.70. The van der Waals surface area contributed by atoms with E-state index in [1.807, 2.05) is 0 Å². The molecule has 0 unspecified atom stereocenters. The Kier molecular flexibility index (Phi) is 3.02. The normalized spacial score (nSPS) is 33.9. The molecule has 0 saturated heterocycles. The van der Waals surface area contributed by atoms with Gasteiger partial charge in [-0.1, -0.05) is 12.8 Å². The van der Waals surface area contributed by atoms with Gasteiger partial charge in [0.05, 0.1) is 0 Å². The highest BCUT2D eigenvalue weighted by molar-refractivity contribution is 6.43. The van der Waals surface area contributed by atoms with Crippen molar-refractivity contribution in [1.82, 2.24) is 0 Å². The molecule has 0 bridgehead atoms. The Labute approximate surface area is 66.3 Å². The van der Waals surface area contributed by atoms with Crippen molar-refractivity contribution in [3.8, 4) is 0 Å². The summed E-state index contributed by atoms with van der Waals surface area (Å²) in [6.45, 7) is 0. The number of halogens is 1. The molecule has 0 atom stereocenters. The highest BCUT2D eigenvalue weighted by atomic mass is 35.5. The van der Waals surface area contributed by atoms with Gasteiger partial charge < -0.3 is 10.0 Å². The monoisotopic (exact) mass is 162 g/mol. The maximum atomic E-state index is 8.78. The SMILES string of the molecule is OB(O)C1CCC(Cl)CC1. The van der Waals surface area contributed by atoms with Gasteiger partial charge in [-0.05, 0) is 18.7 Å². The van der Waals surface area contributed by atoms with Crippen LogP contribution in [0.1, 0.15) is 25.7 Å². The van der Waals surface area contributed by atoms with Crippen molar-refractivity contribution < 1.29 is 10.0 Å². The van der Waals surface area contributed by atoms with Crippen LogP contribution in [0, 0.1) is 0 Å². The minimum Gasteiger partial charge on any atom is -0.427 e. The van der Waals surface area contributed by atoms with Gasteiger partial charge in [-0.3, -0.25) is 0 Å². The van der Waals surface area contributed by atoms with Gasteiger partial charge >= 0.3 is 7.12 Å². The van der Waals surface area contributed by atoms with Crippen molar-refractivity contribution in [3.05, 3.63) is 0 Å². The molecule has 1 fully saturated rings. The molecule has 0 heterocycles. The molecule has 4 heteroatoms. The van der Waals surface area contributed by atoms with Crippen molar-refractivity contribution in [3.63, 3.8) is 0 Å². The van der Waals surface area contributed by atoms with Crippen LogP contribution >= 0.6 is 11.6 Å². The minimum atomic E-state index is -1.14. The Morgan fingerprint density at radius 3 is 2.00 bits per heavy atom. The summed E-state index contributed by atoms with van der Waals surface area (Å²) >= 11 is 5.82. The topological polar surface area (TPSA) is 40.5 Å². The van der Waals surface area contributed by atoms with Gasteiger partial charge in [0, 0.05) is 5.38 Å². The van der Waals surface area contributed by atoms with Gasteiger partial charge in [0.25, 0.3) is 0 Å². The second-order valence-corrected chi connectivity index (χ2v) is 3.54. The highest BCUT2D eigenvalue weighted by Crippen LogP contribution is 2.32. The summed E-state index contributed by atoms with van der Waals surface area (Å²) < 4.78 is 0. The predicted molar refractivity (Wildman–Crippen MR) is 42.1 cm³/mol. The lowest BCUT2D eigenvalue weighted by atomic mass is 9.65. The largest absolute Gasteiger partial charge is 0.454 e. The standard InChI is InChI=1S/C6H12BClO2/c8-6-3-1-5(2-4-6)7(9)10/h5-6,9-10H,1-4H2. The first-order valence-corrected chi connectivity index (χ1v) is 4.14. The van der Waals surface area contributed by atoms with Crippen LogP contribution in [-0.4, -0.2) is 22.5 Å². The lowest BCUT2D eigenvalue weighted by Crippen LogP contribution is -2.25. The molecule has 2 nitrogen and oxygen atoms in total. The van der Waals surface area contributed by atoms with E-state index >= 15 is 0 Å². The van der Waals surface area contributed by atoms with Gasteiger partial charge in [0.1, 0.15) is 0 Å². The summed E-state index contributed by atoms with van der Waals surface area (Å²) in [6, 6.07) is 0. The maximum absolute atomic E-state index is 8.78. The summed E-state index contributed by atoms with van der Waals surface area (Å²) in [7, 11) is -1.14. The van der Waals surface area contributed by atoms with Gasteiger partial charge in [-0.15, -0.1) is 11.6 Å². The van der Waals surface area contributed by atoms with Crippen LogP contribution in [0.5, 0.6) is 0 Å². The summed E-state index contributed by atoms with van der Waals surface area (Å²) in [4.78, 5) is 0. The number of rotatable bonds is 1. The number of hydrogen-bond acceptors (Lipinski definition) is 2. The molecule has 2 N–H and O–H groups in total. The molecule has 0 aromatic rings. The third kappa shape index (κ3) is 2.15. The molecule has 10 heavy (non-hydrogen) atoms. The summed E-state index contributed by atoms with van der Waals surface area (Å²) in [5.74, 6) is 0.0648. The summed E-state index contributed by atoms with van der Waals surface area (Å²) in [6.07, 6.45) is 3.55. The molecular formula is C6H12BClO2. The molecule has 1 aliphatic carbocycles. The average Bonchev–Trinajstić information content (AvgIpc) is 1.88. The molecule has 0 radical (unpaired) electrons. The summed E-state index contributed by atoms with van der Waals surface area (Å²) in [5, 5.41) is 17.8. The Hall–Kier alpha value is 0.275. The molecular weight excluding hydrogens is 150 g/mol. The number of alkyl halides is 1. The fourth-order valence-electron chi connectivity index (χ4n) is 1.38. The Morgan fingerprint density at radius 1 is 1.10 bits per heavy atom. The van der Waals surface area contributed by atoms with E-state index in [4.69, 9.17) is 21.6 Å². The van der Waals surface area contributed by atoms with E-state index in [-0.39, 0.29) is 11.2 Å². The Bertz CT molecular complexity index is 102. The third-order valence-corrected chi connectivity index (χ3v) is 2.56. The molecule has 0 spiro atoms. The smallest absolute Gasteiger partial charge is 0.427 e. The van der Waals surface area contributed by atoms with Gasteiger partial charge in [-0.2, -0.15) is 0 Å². The zero-order chi connectivity index (χ0) is 7.56. The Morgan fingerprint density at radius 2 is 1.60 bits per heavy atom. The van der Waals surface area contributed by atoms with Gasteiger partial charge in [0.2, 0.25) is 0 Å².